The molecule has 0 spiro atoms. The average Bonchev–Trinajstić information content (AvgIpc) is 2.35. The van der Waals surface area contributed by atoms with Gasteiger partial charge in [0.2, 0.25) is 0 Å². The van der Waals surface area contributed by atoms with Crippen LogP contribution in [0.25, 0.3) is 16.8 Å². The van der Waals surface area contributed by atoms with E-state index in [0.717, 1.165) is 17.7 Å². The Bertz CT molecular complexity index is 512. The Labute approximate surface area is 96.4 Å². The van der Waals surface area contributed by atoms with Crippen LogP contribution in [0.15, 0.2) is 42.5 Å². The fourth-order valence-electron chi connectivity index (χ4n) is 1.86. The van der Waals surface area contributed by atoms with Crippen LogP contribution in [0.2, 0.25) is 0 Å². The number of methoxy groups -OCH3 is 1. The summed E-state index contributed by atoms with van der Waals surface area (Å²) in [6.07, 6.45) is 5.30. The third-order valence-electron chi connectivity index (χ3n) is 2.65. The van der Waals surface area contributed by atoms with Crippen molar-refractivity contribution in [2.24, 2.45) is 0 Å². The van der Waals surface area contributed by atoms with Gasteiger partial charge in [-0.3, -0.25) is 0 Å². The monoisotopic (exact) mass is 212 g/mol. The van der Waals surface area contributed by atoms with Crippen molar-refractivity contribution in [3.63, 3.8) is 0 Å². The van der Waals surface area contributed by atoms with E-state index in [1.165, 1.54) is 10.8 Å². The van der Waals surface area contributed by atoms with Gasteiger partial charge in [0.05, 0.1) is 7.11 Å². The SMILES string of the molecule is CCC=Cc1ccc2ccccc2c1OC. The Morgan fingerprint density at radius 1 is 1.12 bits per heavy atom. The minimum absolute atomic E-state index is 0.961. The minimum Gasteiger partial charge on any atom is -0.495 e. The van der Waals surface area contributed by atoms with Crippen LogP contribution in [0, 0.1) is 0 Å². The average molecular weight is 212 g/mol. The van der Waals surface area contributed by atoms with Gasteiger partial charge in [0.1, 0.15) is 5.75 Å². The van der Waals surface area contributed by atoms with Gasteiger partial charge >= 0.3 is 0 Å². The van der Waals surface area contributed by atoms with Crippen molar-refractivity contribution < 1.29 is 4.74 Å². The Hall–Kier alpha value is -1.76. The Balaban J connectivity index is 2.63. The summed E-state index contributed by atoms with van der Waals surface area (Å²) in [6, 6.07) is 12.5. The summed E-state index contributed by atoms with van der Waals surface area (Å²) in [5.41, 5.74) is 1.14. The molecule has 2 aromatic rings. The predicted octanol–water partition coefficient (Wildman–Crippen LogP) is 4.27. The third-order valence-corrected chi connectivity index (χ3v) is 2.65. The van der Waals surface area contributed by atoms with Gasteiger partial charge in [-0.05, 0) is 11.8 Å². The number of fused-ring (bicyclic) bond motifs is 1. The van der Waals surface area contributed by atoms with Gasteiger partial charge in [0.25, 0.3) is 0 Å². The molecule has 0 aliphatic heterocycles. The highest BCUT2D eigenvalue weighted by Gasteiger charge is 2.04. The van der Waals surface area contributed by atoms with E-state index in [0.29, 0.717) is 0 Å². The van der Waals surface area contributed by atoms with Gasteiger partial charge in [-0.15, -0.1) is 0 Å². The van der Waals surface area contributed by atoms with Gasteiger partial charge < -0.3 is 4.74 Å². The molecule has 0 bridgehead atoms. The first-order valence-electron chi connectivity index (χ1n) is 5.59. The Kier molecular flexibility index (Phi) is 3.25. The zero-order valence-electron chi connectivity index (χ0n) is 9.73. The van der Waals surface area contributed by atoms with Crippen molar-refractivity contribution in [1.29, 1.82) is 0 Å². The molecule has 0 amide bonds. The first-order chi connectivity index (χ1) is 7.86. The van der Waals surface area contributed by atoms with E-state index in [1.807, 2.05) is 12.1 Å². The molecule has 0 heterocycles. The maximum Gasteiger partial charge on any atom is 0.133 e. The smallest absolute Gasteiger partial charge is 0.133 e. The quantitative estimate of drug-likeness (QED) is 0.738. The highest BCUT2D eigenvalue weighted by molar-refractivity contribution is 5.91. The van der Waals surface area contributed by atoms with Crippen molar-refractivity contribution in [3.05, 3.63) is 48.0 Å². The standard InChI is InChI=1S/C15H16O/c1-3-4-7-13-11-10-12-8-5-6-9-14(12)15(13)16-2/h4-11H,3H2,1-2H3. The molecule has 0 atom stereocenters. The lowest BCUT2D eigenvalue weighted by Gasteiger charge is -2.08. The van der Waals surface area contributed by atoms with Crippen molar-refractivity contribution in [1.82, 2.24) is 0 Å². The van der Waals surface area contributed by atoms with Crippen molar-refractivity contribution >= 4 is 16.8 Å². The van der Waals surface area contributed by atoms with Crippen molar-refractivity contribution in [3.8, 4) is 5.75 Å². The Morgan fingerprint density at radius 3 is 2.69 bits per heavy atom. The van der Waals surface area contributed by atoms with Crippen molar-refractivity contribution in [2.45, 2.75) is 13.3 Å². The van der Waals surface area contributed by atoms with E-state index in [-0.39, 0.29) is 0 Å². The number of allylic oxidation sites excluding steroid dienone is 1. The molecule has 1 nitrogen and oxygen atoms in total. The third kappa shape index (κ3) is 1.94. The van der Waals surface area contributed by atoms with Crippen LogP contribution < -0.4 is 4.74 Å². The van der Waals surface area contributed by atoms with Crippen LogP contribution in [0.3, 0.4) is 0 Å². The lowest BCUT2D eigenvalue weighted by atomic mass is 10.0. The van der Waals surface area contributed by atoms with Crippen LogP contribution in [0.1, 0.15) is 18.9 Å². The van der Waals surface area contributed by atoms with E-state index in [4.69, 9.17) is 4.74 Å². The molecule has 2 rings (SSSR count). The molecule has 2 aromatic carbocycles. The van der Waals surface area contributed by atoms with E-state index in [2.05, 4.69) is 43.3 Å². The van der Waals surface area contributed by atoms with Gasteiger partial charge in [-0.25, -0.2) is 0 Å². The maximum atomic E-state index is 5.50. The summed E-state index contributed by atoms with van der Waals surface area (Å²) in [6.45, 7) is 2.13. The maximum absolute atomic E-state index is 5.50. The fraction of sp³-hybridized carbons (Fsp3) is 0.200. The second-order valence-electron chi connectivity index (χ2n) is 3.72. The summed E-state index contributed by atoms with van der Waals surface area (Å²) in [5.74, 6) is 0.961. The normalized spacial score (nSPS) is 11.1. The lowest BCUT2D eigenvalue weighted by molar-refractivity contribution is 0.419. The number of benzene rings is 2. The molecule has 0 saturated heterocycles. The summed E-state index contributed by atoms with van der Waals surface area (Å²) in [5, 5.41) is 2.39. The van der Waals surface area contributed by atoms with Crippen LogP contribution in [0.5, 0.6) is 5.75 Å². The molecule has 0 aromatic heterocycles. The number of ether oxygens (including phenoxy) is 1. The molecule has 1 heteroatoms. The molecule has 16 heavy (non-hydrogen) atoms. The highest BCUT2D eigenvalue weighted by atomic mass is 16.5. The van der Waals surface area contributed by atoms with E-state index in [1.54, 1.807) is 7.11 Å². The molecule has 0 aliphatic carbocycles. The predicted molar refractivity (Wildman–Crippen MR) is 69.8 cm³/mol. The molecule has 0 unspecified atom stereocenters. The van der Waals surface area contributed by atoms with Gasteiger partial charge in [0, 0.05) is 10.9 Å². The molecular weight excluding hydrogens is 196 g/mol. The molecule has 0 fully saturated rings. The summed E-state index contributed by atoms with van der Waals surface area (Å²) in [4.78, 5) is 0. The zero-order valence-corrected chi connectivity index (χ0v) is 9.73. The number of hydrogen-bond donors (Lipinski definition) is 0. The van der Waals surface area contributed by atoms with Gasteiger partial charge in [-0.1, -0.05) is 55.5 Å². The van der Waals surface area contributed by atoms with E-state index >= 15 is 0 Å². The minimum atomic E-state index is 0.961. The lowest BCUT2D eigenvalue weighted by Crippen LogP contribution is -1.88. The van der Waals surface area contributed by atoms with Crippen LogP contribution >= 0.6 is 0 Å². The van der Waals surface area contributed by atoms with Crippen molar-refractivity contribution in [2.75, 3.05) is 7.11 Å². The van der Waals surface area contributed by atoms with Gasteiger partial charge in [-0.2, -0.15) is 0 Å². The molecule has 0 saturated carbocycles. The molecular formula is C15H16O. The topological polar surface area (TPSA) is 9.23 Å². The van der Waals surface area contributed by atoms with Gasteiger partial charge in [0.15, 0.2) is 0 Å². The molecule has 0 aliphatic rings. The highest BCUT2D eigenvalue weighted by Crippen LogP contribution is 2.30. The fourth-order valence-corrected chi connectivity index (χ4v) is 1.86. The van der Waals surface area contributed by atoms with E-state index in [9.17, 15) is 0 Å². The zero-order chi connectivity index (χ0) is 11.4. The molecule has 82 valence electrons. The second-order valence-corrected chi connectivity index (χ2v) is 3.72. The second kappa shape index (κ2) is 4.84. The number of rotatable bonds is 3. The van der Waals surface area contributed by atoms with Crippen LogP contribution in [0.4, 0.5) is 0 Å². The largest absolute Gasteiger partial charge is 0.495 e. The summed E-state index contributed by atoms with van der Waals surface area (Å²) >= 11 is 0. The summed E-state index contributed by atoms with van der Waals surface area (Å²) < 4.78 is 5.50. The van der Waals surface area contributed by atoms with Crippen LogP contribution in [-0.2, 0) is 0 Å². The molecule has 0 radical (unpaired) electrons. The first-order valence-corrected chi connectivity index (χ1v) is 5.59. The van der Waals surface area contributed by atoms with E-state index < -0.39 is 0 Å². The first kappa shape index (κ1) is 10.7. The van der Waals surface area contributed by atoms with Crippen LogP contribution in [-0.4, -0.2) is 7.11 Å². The molecule has 0 N–H and O–H groups in total. The number of hydrogen-bond acceptors (Lipinski definition) is 1. The Morgan fingerprint density at radius 2 is 1.94 bits per heavy atom. The summed E-state index contributed by atoms with van der Waals surface area (Å²) in [7, 11) is 1.73.